The lowest BCUT2D eigenvalue weighted by molar-refractivity contribution is -0.116. The summed E-state index contributed by atoms with van der Waals surface area (Å²) in [7, 11) is 5.49. The lowest BCUT2D eigenvalue weighted by Crippen LogP contribution is -2.32. The van der Waals surface area contributed by atoms with Crippen molar-refractivity contribution >= 4 is 23.4 Å². The van der Waals surface area contributed by atoms with E-state index in [2.05, 4.69) is 5.32 Å². The second kappa shape index (κ2) is 8.84. The lowest BCUT2D eigenvalue weighted by atomic mass is 10.1. The minimum Gasteiger partial charge on any atom is -0.383 e. The maximum Gasteiger partial charge on any atom is 0.268 e. The van der Waals surface area contributed by atoms with E-state index in [4.69, 9.17) is 4.74 Å². The van der Waals surface area contributed by atoms with Gasteiger partial charge in [-0.05, 0) is 29.8 Å². The molecule has 1 aromatic carbocycles. The first kappa shape index (κ1) is 18.5. The summed E-state index contributed by atoms with van der Waals surface area (Å²) in [5.74, 6) is -0.331. The molecule has 0 aliphatic rings. The van der Waals surface area contributed by atoms with Gasteiger partial charge in [-0.15, -0.1) is 0 Å². The molecule has 0 atom stereocenters. The second-order valence-corrected chi connectivity index (χ2v) is 5.67. The van der Waals surface area contributed by atoms with E-state index in [0.717, 1.165) is 11.3 Å². The van der Waals surface area contributed by atoms with Crippen molar-refractivity contribution in [1.29, 1.82) is 0 Å². The number of hydrogen-bond acceptors (Lipinski definition) is 4. The number of anilines is 1. The van der Waals surface area contributed by atoms with Gasteiger partial charge in [0.05, 0.1) is 6.61 Å². The standard InChI is InChI=1S/C19H23N3O3/c1-21(2)16-9-7-15(8-10-16)14-17(19(24)20-11-13-25-3)22-12-5-4-6-18(22)23/h4-10,12,14H,11,13H2,1-3H3,(H,20,24)/b17-14+. The van der Waals surface area contributed by atoms with Gasteiger partial charge in [-0.2, -0.15) is 0 Å². The number of methoxy groups -OCH3 is 1. The first-order valence-electron chi connectivity index (χ1n) is 7.97. The van der Waals surface area contributed by atoms with Crippen LogP contribution in [0.2, 0.25) is 0 Å². The Morgan fingerprint density at radius 1 is 1.20 bits per heavy atom. The highest BCUT2D eigenvalue weighted by Gasteiger charge is 2.12. The first-order chi connectivity index (χ1) is 12.0. The molecular weight excluding hydrogens is 318 g/mol. The van der Waals surface area contributed by atoms with Gasteiger partial charge >= 0.3 is 0 Å². The zero-order valence-corrected chi connectivity index (χ0v) is 14.7. The maximum absolute atomic E-state index is 12.5. The van der Waals surface area contributed by atoms with Crippen molar-refractivity contribution in [3.05, 3.63) is 64.6 Å². The highest BCUT2D eigenvalue weighted by atomic mass is 16.5. The van der Waals surface area contributed by atoms with Gasteiger partial charge in [-0.3, -0.25) is 14.2 Å². The average Bonchev–Trinajstić information content (AvgIpc) is 2.61. The fourth-order valence-corrected chi connectivity index (χ4v) is 2.25. The van der Waals surface area contributed by atoms with Gasteiger partial charge in [-0.1, -0.05) is 18.2 Å². The SMILES string of the molecule is COCCNC(=O)/C(=C\c1ccc(N(C)C)cc1)n1ccccc1=O. The molecule has 0 aliphatic heterocycles. The Morgan fingerprint density at radius 3 is 2.52 bits per heavy atom. The number of nitrogens with zero attached hydrogens (tertiary/aromatic N) is 2. The number of nitrogens with one attached hydrogen (secondary N) is 1. The van der Waals surface area contributed by atoms with Crippen LogP contribution in [0.4, 0.5) is 5.69 Å². The predicted molar refractivity (Wildman–Crippen MR) is 101 cm³/mol. The van der Waals surface area contributed by atoms with Gasteiger partial charge in [0.2, 0.25) is 0 Å². The van der Waals surface area contributed by atoms with Crippen LogP contribution in [-0.2, 0) is 9.53 Å². The van der Waals surface area contributed by atoms with E-state index >= 15 is 0 Å². The minimum absolute atomic E-state index is 0.263. The fraction of sp³-hybridized carbons (Fsp3) is 0.263. The molecule has 0 fully saturated rings. The normalized spacial score (nSPS) is 11.2. The minimum atomic E-state index is -0.331. The Labute approximate surface area is 147 Å². The summed E-state index contributed by atoms with van der Waals surface area (Å²) in [5, 5.41) is 2.76. The molecule has 1 amide bonds. The molecule has 2 rings (SSSR count). The highest BCUT2D eigenvalue weighted by molar-refractivity contribution is 6.18. The summed E-state index contributed by atoms with van der Waals surface area (Å²) in [6.45, 7) is 0.772. The summed E-state index contributed by atoms with van der Waals surface area (Å²) >= 11 is 0. The van der Waals surface area contributed by atoms with E-state index in [9.17, 15) is 9.59 Å². The molecule has 0 unspecified atom stereocenters. The second-order valence-electron chi connectivity index (χ2n) is 5.67. The number of amides is 1. The number of pyridine rings is 1. The van der Waals surface area contributed by atoms with Gasteiger partial charge in [0.1, 0.15) is 5.70 Å². The van der Waals surface area contributed by atoms with E-state index in [1.54, 1.807) is 31.5 Å². The number of benzene rings is 1. The van der Waals surface area contributed by atoms with Crippen molar-refractivity contribution in [1.82, 2.24) is 9.88 Å². The number of rotatable bonds is 7. The lowest BCUT2D eigenvalue weighted by Gasteiger charge is -2.13. The number of aromatic nitrogens is 1. The third-order valence-electron chi connectivity index (χ3n) is 3.62. The molecule has 6 nitrogen and oxygen atoms in total. The third kappa shape index (κ3) is 5.06. The van der Waals surface area contributed by atoms with Crippen LogP contribution >= 0.6 is 0 Å². The van der Waals surface area contributed by atoms with Crippen LogP contribution in [0.25, 0.3) is 11.8 Å². The number of ether oxygens (including phenoxy) is 1. The molecule has 0 spiro atoms. The Balaban J connectivity index is 2.38. The van der Waals surface area contributed by atoms with Crippen molar-refractivity contribution < 1.29 is 9.53 Å². The summed E-state index contributed by atoms with van der Waals surface area (Å²) in [5.41, 5.74) is 1.89. The summed E-state index contributed by atoms with van der Waals surface area (Å²) in [4.78, 5) is 26.7. The Morgan fingerprint density at radius 2 is 1.92 bits per heavy atom. The van der Waals surface area contributed by atoms with Crippen LogP contribution in [0.3, 0.4) is 0 Å². The monoisotopic (exact) mass is 341 g/mol. The van der Waals surface area contributed by atoms with Crippen LogP contribution < -0.4 is 15.8 Å². The van der Waals surface area contributed by atoms with Crippen molar-refractivity contribution in [3.8, 4) is 0 Å². The van der Waals surface area contributed by atoms with E-state index < -0.39 is 0 Å². The van der Waals surface area contributed by atoms with Crippen molar-refractivity contribution in [3.63, 3.8) is 0 Å². The smallest absolute Gasteiger partial charge is 0.268 e. The van der Waals surface area contributed by atoms with Crippen molar-refractivity contribution in [2.45, 2.75) is 0 Å². The van der Waals surface area contributed by atoms with E-state index in [0.29, 0.717) is 13.2 Å². The molecule has 1 N–H and O–H groups in total. The molecule has 132 valence electrons. The van der Waals surface area contributed by atoms with Gasteiger partial charge in [0.15, 0.2) is 0 Å². The maximum atomic E-state index is 12.5. The quantitative estimate of drug-likeness (QED) is 0.615. The van der Waals surface area contributed by atoms with Crippen LogP contribution in [-0.4, -0.2) is 44.8 Å². The van der Waals surface area contributed by atoms with Gasteiger partial charge in [0, 0.05) is 45.7 Å². The van der Waals surface area contributed by atoms with E-state index in [1.807, 2.05) is 43.3 Å². The van der Waals surface area contributed by atoms with Gasteiger partial charge in [-0.25, -0.2) is 0 Å². The Bertz CT molecular complexity index is 792. The van der Waals surface area contributed by atoms with Crippen molar-refractivity contribution in [2.75, 3.05) is 39.3 Å². The summed E-state index contributed by atoms with van der Waals surface area (Å²) in [6, 6.07) is 12.5. The molecule has 1 heterocycles. The first-order valence-corrected chi connectivity index (χ1v) is 7.97. The van der Waals surface area contributed by atoms with E-state index in [1.165, 1.54) is 10.6 Å². The average molecular weight is 341 g/mol. The molecule has 0 radical (unpaired) electrons. The molecule has 1 aromatic heterocycles. The van der Waals surface area contributed by atoms with Crippen LogP contribution in [0.5, 0.6) is 0 Å². The Hall–Kier alpha value is -2.86. The molecular formula is C19H23N3O3. The highest BCUT2D eigenvalue weighted by Crippen LogP contribution is 2.16. The molecule has 0 saturated heterocycles. The molecule has 6 heteroatoms. The largest absolute Gasteiger partial charge is 0.383 e. The van der Waals surface area contributed by atoms with Crippen molar-refractivity contribution in [2.24, 2.45) is 0 Å². The molecule has 25 heavy (non-hydrogen) atoms. The molecule has 0 aliphatic carbocycles. The number of hydrogen-bond donors (Lipinski definition) is 1. The molecule has 0 bridgehead atoms. The zero-order valence-electron chi connectivity index (χ0n) is 14.7. The van der Waals surface area contributed by atoms with Crippen LogP contribution in [0, 0.1) is 0 Å². The Kier molecular flexibility index (Phi) is 6.54. The molecule has 0 saturated carbocycles. The fourth-order valence-electron chi connectivity index (χ4n) is 2.25. The molecule has 2 aromatic rings. The summed E-state index contributed by atoms with van der Waals surface area (Å²) < 4.78 is 6.28. The third-order valence-corrected chi connectivity index (χ3v) is 3.62. The van der Waals surface area contributed by atoms with Gasteiger partial charge in [0.25, 0.3) is 11.5 Å². The zero-order chi connectivity index (χ0) is 18.2. The van der Waals surface area contributed by atoms with Crippen LogP contribution in [0.1, 0.15) is 5.56 Å². The topological polar surface area (TPSA) is 63.6 Å². The van der Waals surface area contributed by atoms with Crippen LogP contribution in [0.15, 0.2) is 53.5 Å². The number of carbonyl (C=O) groups is 1. The predicted octanol–water partition coefficient (Wildman–Crippen LogP) is 1.67. The number of carbonyl (C=O) groups excluding carboxylic acids is 1. The van der Waals surface area contributed by atoms with E-state index in [-0.39, 0.29) is 17.2 Å². The van der Waals surface area contributed by atoms with Gasteiger partial charge < -0.3 is 15.0 Å². The summed E-state index contributed by atoms with van der Waals surface area (Å²) in [6.07, 6.45) is 3.28.